The lowest BCUT2D eigenvalue weighted by molar-refractivity contribution is 0.725. The van der Waals surface area contributed by atoms with Crippen LogP contribution in [0.25, 0.3) is 0 Å². The van der Waals surface area contributed by atoms with Gasteiger partial charge in [-0.05, 0) is 55.5 Å². The van der Waals surface area contributed by atoms with Gasteiger partial charge < -0.3 is 16.4 Å². The highest BCUT2D eigenvalue weighted by atomic mass is 15.1. The second-order valence-electron chi connectivity index (χ2n) is 5.03. The van der Waals surface area contributed by atoms with Crippen molar-refractivity contribution < 1.29 is 0 Å². The van der Waals surface area contributed by atoms with Crippen LogP contribution in [0, 0.1) is 13.8 Å². The van der Waals surface area contributed by atoms with Gasteiger partial charge in [0.25, 0.3) is 0 Å². The average Bonchev–Trinajstić information content (AvgIpc) is 2.81. The number of hydrogen-bond acceptors (Lipinski definition) is 3. The molecule has 0 radical (unpaired) electrons. The molecule has 0 aliphatic carbocycles. The third-order valence-electron chi connectivity index (χ3n) is 3.67. The van der Waals surface area contributed by atoms with Crippen LogP contribution >= 0.6 is 0 Å². The van der Waals surface area contributed by atoms with Crippen LogP contribution in [-0.4, -0.2) is 19.6 Å². The number of aryl methyl sites for hydroxylation is 2. The molecule has 1 heterocycles. The van der Waals surface area contributed by atoms with Crippen LogP contribution in [0.2, 0.25) is 0 Å². The summed E-state index contributed by atoms with van der Waals surface area (Å²) >= 11 is 0. The summed E-state index contributed by atoms with van der Waals surface area (Å²) in [6, 6.07) is 4.47. The zero-order valence-electron chi connectivity index (χ0n) is 10.9. The number of nitrogens with zero attached hydrogens (tertiary/aromatic N) is 1. The van der Waals surface area contributed by atoms with E-state index in [0.717, 1.165) is 0 Å². The van der Waals surface area contributed by atoms with Crippen molar-refractivity contribution >= 4 is 5.69 Å². The van der Waals surface area contributed by atoms with Gasteiger partial charge in [0.05, 0.1) is 0 Å². The smallest absolute Gasteiger partial charge is 0.0424 e. The van der Waals surface area contributed by atoms with Gasteiger partial charge in [0.15, 0.2) is 0 Å². The minimum absolute atomic E-state index is 0.0392. The quantitative estimate of drug-likeness (QED) is 0.838. The fourth-order valence-electron chi connectivity index (χ4n) is 2.81. The lowest BCUT2D eigenvalue weighted by Crippen LogP contribution is -2.23. The molecule has 0 aromatic heterocycles. The lowest BCUT2D eigenvalue weighted by Gasteiger charge is -2.23. The van der Waals surface area contributed by atoms with Gasteiger partial charge in [-0.1, -0.05) is 0 Å². The van der Waals surface area contributed by atoms with Crippen molar-refractivity contribution in [3.8, 4) is 0 Å². The van der Waals surface area contributed by atoms with Crippen molar-refractivity contribution in [3.63, 3.8) is 0 Å². The van der Waals surface area contributed by atoms with Crippen LogP contribution in [0.1, 0.15) is 35.6 Å². The fourth-order valence-corrected chi connectivity index (χ4v) is 2.81. The molecule has 1 saturated heterocycles. The summed E-state index contributed by atoms with van der Waals surface area (Å²) in [7, 11) is 0. The molecule has 4 N–H and O–H groups in total. The first-order valence-electron chi connectivity index (χ1n) is 6.45. The van der Waals surface area contributed by atoms with Gasteiger partial charge in [-0.2, -0.15) is 0 Å². The molecule has 17 heavy (non-hydrogen) atoms. The van der Waals surface area contributed by atoms with Crippen molar-refractivity contribution in [3.05, 3.63) is 28.8 Å². The first-order valence-corrected chi connectivity index (χ1v) is 6.45. The zero-order valence-corrected chi connectivity index (χ0v) is 10.9. The third-order valence-corrected chi connectivity index (χ3v) is 3.67. The molecule has 0 bridgehead atoms. The second-order valence-corrected chi connectivity index (χ2v) is 5.03. The van der Waals surface area contributed by atoms with Crippen LogP contribution in [0.5, 0.6) is 0 Å². The van der Waals surface area contributed by atoms with E-state index in [-0.39, 0.29) is 6.04 Å². The number of rotatable bonds is 3. The molecule has 1 atom stereocenters. The summed E-state index contributed by atoms with van der Waals surface area (Å²) in [5, 5.41) is 0. The van der Waals surface area contributed by atoms with Gasteiger partial charge in [0.1, 0.15) is 0 Å². The summed E-state index contributed by atoms with van der Waals surface area (Å²) in [5.41, 5.74) is 16.8. The van der Waals surface area contributed by atoms with E-state index in [1.165, 1.54) is 48.3 Å². The van der Waals surface area contributed by atoms with Gasteiger partial charge in [-0.15, -0.1) is 0 Å². The molecular formula is C14H23N3. The van der Waals surface area contributed by atoms with Gasteiger partial charge in [0.2, 0.25) is 0 Å². The molecule has 3 heteroatoms. The SMILES string of the molecule is Cc1cc(N2CCCC2)cc(C)c1[C@H](N)CN. The maximum atomic E-state index is 6.06. The van der Waals surface area contributed by atoms with Crippen LogP contribution in [0.3, 0.4) is 0 Å². The third kappa shape index (κ3) is 2.45. The normalized spacial score (nSPS) is 17.5. The van der Waals surface area contributed by atoms with Crippen molar-refractivity contribution in [1.29, 1.82) is 0 Å². The number of anilines is 1. The van der Waals surface area contributed by atoms with Crippen molar-refractivity contribution in [2.24, 2.45) is 11.5 Å². The van der Waals surface area contributed by atoms with Crippen molar-refractivity contribution in [2.75, 3.05) is 24.5 Å². The van der Waals surface area contributed by atoms with E-state index in [4.69, 9.17) is 11.5 Å². The highest BCUT2D eigenvalue weighted by Crippen LogP contribution is 2.28. The van der Waals surface area contributed by atoms with Crippen molar-refractivity contribution in [1.82, 2.24) is 0 Å². The Morgan fingerprint density at radius 3 is 2.18 bits per heavy atom. The highest BCUT2D eigenvalue weighted by Gasteiger charge is 2.16. The summed E-state index contributed by atoms with van der Waals surface area (Å²) in [4.78, 5) is 2.46. The Kier molecular flexibility index (Phi) is 3.69. The number of hydrogen-bond donors (Lipinski definition) is 2. The molecule has 0 spiro atoms. The first-order chi connectivity index (χ1) is 8.13. The zero-order chi connectivity index (χ0) is 12.4. The molecule has 1 fully saturated rings. The van der Waals surface area contributed by atoms with Gasteiger partial charge >= 0.3 is 0 Å². The van der Waals surface area contributed by atoms with Gasteiger partial charge in [0, 0.05) is 31.4 Å². The summed E-state index contributed by atoms with van der Waals surface area (Å²) in [6.07, 6.45) is 2.62. The average molecular weight is 233 g/mol. The molecule has 0 amide bonds. The van der Waals surface area contributed by atoms with E-state index in [9.17, 15) is 0 Å². The molecule has 1 aliphatic rings. The highest BCUT2D eigenvalue weighted by molar-refractivity contribution is 5.55. The predicted molar refractivity (Wildman–Crippen MR) is 73.3 cm³/mol. The second kappa shape index (κ2) is 5.07. The van der Waals surface area contributed by atoms with E-state index in [1.807, 2.05) is 0 Å². The maximum absolute atomic E-state index is 6.06. The number of benzene rings is 1. The van der Waals surface area contributed by atoms with E-state index >= 15 is 0 Å². The molecule has 2 rings (SSSR count). The molecule has 1 aromatic rings. The monoisotopic (exact) mass is 233 g/mol. The molecule has 0 saturated carbocycles. The summed E-state index contributed by atoms with van der Waals surface area (Å²) < 4.78 is 0. The molecular weight excluding hydrogens is 210 g/mol. The standard InChI is InChI=1S/C14H23N3/c1-10-7-12(17-5-3-4-6-17)8-11(2)14(10)13(16)9-15/h7-8,13H,3-6,9,15-16H2,1-2H3/t13-/m1/s1. The van der Waals surface area contributed by atoms with Crippen LogP contribution < -0.4 is 16.4 Å². The Morgan fingerprint density at radius 1 is 1.18 bits per heavy atom. The Balaban J connectivity index is 2.33. The minimum atomic E-state index is -0.0392. The Morgan fingerprint density at radius 2 is 1.71 bits per heavy atom. The largest absolute Gasteiger partial charge is 0.372 e. The Hall–Kier alpha value is -1.06. The molecule has 1 aliphatic heterocycles. The predicted octanol–water partition coefficient (Wildman–Crippen LogP) is 1.86. The van der Waals surface area contributed by atoms with E-state index < -0.39 is 0 Å². The molecule has 94 valence electrons. The minimum Gasteiger partial charge on any atom is -0.372 e. The summed E-state index contributed by atoms with van der Waals surface area (Å²) in [5.74, 6) is 0. The maximum Gasteiger partial charge on any atom is 0.0424 e. The van der Waals surface area contributed by atoms with Crippen LogP contribution in [0.15, 0.2) is 12.1 Å². The van der Waals surface area contributed by atoms with Crippen LogP contribution in [-0.2, 0) is 0 Å². The fraction of sp³-hybridized carbons (Fsp3) is 0.571. The van der Waals surface area contributed by atoms with E-state index in [0.29, 0.717) is 6.54 Å². The van der Waals surface area contributed by atoms with E-state index in [2.05, 4.69) is 30.9 Å². The molecule has 3 nitrogen and oxygen atoms in total. The Bertz CT molecular complexity index is 371. The van der Waals surface area contributed by atoms with E-state index in [1.54, 1.807) is 0 Å². The van der Waals surface area contributed by atoms with Crippen LogP contribution in [0.4, 0.5) is 5.69 Å². The van der Waals surface area contributed by atoms with Gasteiger partial charge in [-0.25, -0.2) is 0 Å². The molecule has 1 aromatic carbocycles. The number of nitrogens with two attached hydrogens (primary N) is 2. The summed E-state index contributed by atoms with van der Waals surface area (Å²) in [6.45, 7) is 7.14. The van der Waals surface area contributed by atoms with Crippen molar-refractivity contribution in [2.45, 2.75) is 32.7 Å². The molecule has 0 unspecified atom stereocenters. The Labute approximate surface area is 104 Å². The topological polar surface area (TPSA) is 55.3 Å². The first kappa shape index (κ1) is 12.4. The lowest BCUT2D eigenvalue weighted by atomic mass is 9.95. The van der Waals surface area contributed by atoms with Gasteiger partial charge in [-0.3, -0.25) is 0 Å².